The number of hydrogen-bond acceptors (Lipinski definition) is 4. The second-order valence-electron chi connectivity index (χ2n) is 6.03. The molecule has 0 radical (unpaired) electrons. The number of esters is 2. The van der Waals surface area contributed by atoms with E-state index >= 15 is 0 Å². The van der Waals surface area contributed by atoms with Crippen LogP contribution in [0.4, 0.5) is 0 Å². The van der Waals surface area contributed by atoms with Crippen LogP contribution in [0, 0.1) is 23.7 Å². The maximum absolute atomic E-state index is 11.9. The SMILES string of the molecule is CC(=O)O[C@@H](C)C(=O)O[C@H]1C[C@@H]2C[C@@H]1[C@H]1CC=C[C@H]21. The van der Waals surface area contributed by atoms with Crippen molar-refractivity contribution >= 4 is 11.9 Å². The fourth-order valence-electron chi connectivity index (χ4n) is 4.17. The van der Waals surface area contributed by atoms with E-state index in [4.69, 9.17) is 9.47 Å². The zero-order valence-corrected chi connectivity index (χ0v) is 11.4. The Morgan fingerprint density at radius 2 is 2.05 bits per heavy atom. The predicted molar refractivity (Wildman–Crippen MR) is 68.1 cm³/mol. The van der Waals surface area contributed by atoms with Gasteiger partial charge in [0.05, 0.1) is 0 Å². The van der Waals surface area contributed by atoms with Crippen molar-refractivity contribution in [3.8, 4) is 0 Å². The van der Waals surface area contributed by atoms with Gasteiger partial charge >= 0.3 is 11.9 Å². The normalized spacial score (nSPS) is 40.0. The fraction of sp³-hybridized carbons (Fsp3) is 0.733. The van der Waals surface area contributed by atoms with E-state index in [-0.39, 0.29) is 6.10 Å². The summed E-state index contributed by atoms with van der Waals surface area (Å²) in [6.07, 6.45) is 7.11. The van der Waals surface area contributed by atoms with Gasteiger partial charge < -0.3 is 9.47 Å². The van der Waals surface area contributed by atoms with Gasteiger partial charge in [0.2, 0.25) is 0 Å². The lowest BCUT2D eigenvalue weighted by Crippen LogP contribution is -2.35. The quantitative estimate of drug-likeness (QED) is 0.578. The standard InChI is InChI=1S/C15H20O4/c1-8(18-9(2)16)15(17)19-14-7-10-6-13(14)12-5-3-4-11(10)12/h3-4,8,10-14H,5-7H2,1-2H3/t8-,10-,11+,12-,13+,14-/m0/s1. The topological polar surface area (TPSA) is 52.6 Å². The molecule has 6 atom stereocenters. The predicted octanol–water partition coefficient (Wildman–Crippen LogP) is 2.08. The van der Waals surface area contributed by atoms with E-state index in [0.717, 1.165) is 12.8 Å². The lowest BCUT2D eigenvalue weighted by Gasteiger charge is -2.31. The van der Waals surface area contributed by atoms with Crippen LogP contribution in [0.25, 0.3) is 0 Å². The summed E-state index contributed by atoms with van der Waals surface area (Å²) in [5.74, 6) is 1.70. The second-order valence-corrected chi connectivity index (χ2v) is 6.03. The van der Waals surface area contributed by atoms with Crippen molar-refractivity contribution in [2.75, 3.05) is 0 Å². The van der Waals surface area contributed by atoms with Gasteiger partial charge in [0.15, 0.2) is 6.10 Å². The Morgan fingerprint density at radius 1 is 1.26 bits per heavy atom. The number of carbonyl (C=O) groups excluding carboxylic acids is 2. The second kappa shape index (κ2) is 4.66. The number of allylic oxidation sites excluding steroid dienone is 2. The molecule has 2 fully saturated rings. The smallest absolute Gasteiger partial charge is 0.347 e. The number of carbonyl (C=O) groups is 2. The summed E-state index contributed by atoms with van der Waals surface area (Å²) in [4.78, 5) is 22.7. The molecular weight excluding hydrogens is 244 g/mol. The Balaban J connectivity index is 1.58. The highest BCUT2D eigenvalue weighted by Crippen LogP contribution is 2.57. The number of ether oxygens (including phenoxy) is 2. The number of hydrogen-bond donors (Lipinski definition) is 0. The van der Waals surface area contributed by atoms with Crippen LogP contribution in [0.5, 0.6) is 0 Å². The Labute approximate surface area is 113 Å². The molecule has 0 spiro atoms. The van der Waals surface area contributed by atoms with Crippen molar-refractivity contribution in [2.45, 2.75) is 45.3 Å². The summed E-state index contributed by atoms with van der Waals surface area (Å²) < 4.78 is 10.4. The maximum Gasteiger partial charge on any atom is 0.347 e. The summed E-state index contributed by atoms with van der Waals surface area (Å²) in [6, 6.07) is 0. The summed E-state index contributed by atoms with van der Waals surface area (Å²) in [7, 11) is 0. The zero-order valence-electron chi connectivity index (χ0n) is 11.4. The molecule has 19 heavy (non-hydrogen) atoms. The lowest BCUT2D eigenvalue weighted by molar-refractivity contribution is -0.171. The monoisotopic (exact) mass is 264 g/mol. The molecule has 4 heteroatoms. The molecule has 2 saturated carbocycles. The van der Waals surface area contributed by atoms with Crippen molar-refractivity contribution < 1.29 is 19.1 Å². The third kappa shape index (κ3) is 2.17. The Kier molecular flexibility index (Phi) is 3.11. The average Bonchev–Trinajstić information content (AvgIpc) is 2.98. The largest absolute Gasteiger partial charge is 0.459 e. The van der Waals surface area contributed by atoms with Gasteiger partial charge in [-0.1, -0.05) is 12.2 Å². The minimum Gasteiger partial charge on any atom is -0.459 e. The van der Waals surface area contributed by atoms with E-state index in [0.29, 0.717) is 23.7 Å². The van der Waals surface area contributed by atoms with E-state index in [2.05, 4.69) is 12.2 Å². The summed E-state index contributed by atoms with van der Waals surface area (Å²) in [6.45, 7) is 2.87. The van der Waals surface area contributed by atoms with Crippen LogP contribution in [-0.2, 0) is 19.1 Å². The van der Waals surface area contributed by atoms with E-state index < -0.39 is 18.0 Å². The highest BCUT2D eigenvalue weighted by molar-refractivity contribution is 5.78. The number of rotatable bonds is 3. The van der Waals surface area contributed by atoms with Crippen LogP contribution in [-0.4, -0.2) is 24.1 Å². The average molecular weight is 264 g/mol. The molecule has 0 unspecified atom stereocenters. The third-order valence-electron chi connectivity index (χ3n) is 4.88. The van der Waals surface area contributed by atoms with Gasteiger partial charge in [-0.05, 0) is 49.9 Å². The molecule has 0 aliphatic heterocycles. The van der Waals surface area contributed by atoms with Crippen molar-refractivity contribution in [3.63, 3.8) is 0 Å². The molecule has 104 valence electrons. The van der Waals surface area contributed by atoms with Crippen molar-refractivity contribution in [2.24, 2.45) is 23.7 Å². The van der Waals surface area contributed by atoms with E-state index in [1.54, 1.807) is 6.92 Å². The molecule has 0 N–H and O–H groups in total. The van der Waals surface area contributed by atoms with Gasteiger partial charge in [0, 0.05) is 6.92 Å². The molecular formula is C15H20O4. The van der Waals surface area contributed by atoms with E-state index in [9.17, 15) is 9.59 Å². The van der Waals surface area contributed by atoms with Crippen molar-refractivity contribution in [1.82, 2.24) is 0 Å². The van der Waals surface area contributed by atoms with Crippen LogP contribution in [0.2, 0.25) is 0 Å². The minimum absolute atomic E-state index is 0.0247. The molecule has 0 heterocycles. The fourth-order valence-corrected chi connectivity index (χ4v) is 4.17. The molecule has 0 amide bonds. The van der Waals surface area contributed by atoms with Crippen LogP contribution in [0.1, 0.15) is 33.1 Å². The summed E-state index contributed by atoms with van der Waals surface area (Å²) in [5.41, 5.74) is 0. The van der Waals surface area contributed by atoms with Crippen LogP contribution in [0.15, 0.2) is 12.2 Å². The molecule has 0 saturated heterocycles. The van der Waals surface area contributed by atoms with Crippen molar-refractivity contribution in [3.05, 3.63) is 12.2 Å². The first-order valence-electron chi connectivity index (χ1n) is 7.10. The van der Waals surface area contributed by atoms with Crippen molar-refractivity contribution in [1.29, 1.82) is 0 Å². The van der Waals surface area contributed by atoms with E-state index in [1.165, 1.54) is 13.3 Å². The lowest BCUT2D eigenvalue weighted by atomic mass is 9.80. The Hall–Kier alpha value is -1.32. The molecule has 3 aliphatic carbocycles. The summed E-state index contributed by atoms with van der Waals surface area (Å²) >= 11 is 0. The Morgan fingerprint density at radius 3 is 2.79 bits per heavy atom. The Bertz CT molecular complexity index is 428. The molecule has 0 aromatic carbocycles. The first-order valence-corrected chi connectivity index (χ1v) is 7.10. The van der Waals surface area contributed by atoms with Crippen LogP contribution < -0.4 is 0 Å². The highest BCUT2D eigenvalue weighted by Gasteiger charge is 2.54. The zero-order chi connectivity index (χ0) is 13.6. The van der Waals surface area contributed by atoms with Gasteiger partial charge in [-0.3, -0.25) is 4.79 Å². The van der Waals surface area contributed by atoms with Gasteiger partial charge in [0.25, 0.3) is 0 Å². The maximum atomic E-state index is 11.9. The van der Waals surface area contributed by atoms with E-state index in [1.807, 2.05) is 0 Å². The van der Waals surface area contributed by atoms with Gasteiger partial charge in [-0.15, -0.1) is 0 Å². The molecule has 3 rings (SSSR count). The molecule has 0 aromatic heterocycles. The van der Waals surface area contributed by atoms with Gasteiger partial charge in [-0.25, -0.2) is 4.79 Å². The first-order chi connectivity index (χ1) is 9.06. The highest BCUT2D eigenvalue weighted by atomic mass is 16.6. The molecule has 2 bridgehead atoms. The number of fused-ring (bicyclic) bond motifs is 5. The molecule has 4 nitrogen and oxygen atoms in total. The van der Waals surface area contributed by atoms with Crippen LogP contribution in [0.3, 0.4) is 0 Å². The third-order valence-corrected chi connectivity index (χ3v) is 4.88. The van der Waals surface area contributed by atoms with Gasteiger partial charge in [-0.2, -0.15) is 0 Å². The molecule has 0 aromatic rings. The minimum atomic E-state index is -0.797. The van der Waals surface area contributed by atoms with Gasteiger partial charge in [0.1, 0.15) is 6.10 Å². The first kappa shape index (κ1) is 12.7. The van der Waals surface area contributed by atoms with Crippen LogP contribution >= 0.6 is 0 Å². The summed E-state index contributed by atoms with van der Waals surface area (Å²) in [5, 5.41) is 0. The molecule has 3 aliphatic rings.